The minimum atomic E-state index is -2.79. The standard InChI is InChI=1S/C66H48N4O.Pt/c1-42-18-13-19-43(2)62(42)56-30-16-31-57-63-49(44-20-7-6-8-21-44)27-15-28-54(63)50-24-9-10-25-51(50)55-29-17-33-59-65(55)69(64(56)57)41-68(59)46-22-14-23-47(39-46)71-48-34-35-53-52-26-11-12-32-58(52)70(60(53)40-48)61-38-45(36-37-67-61)66(3,4)5;/h6-38H,1-5H3;/q-2;/i1D3,2D3,6D,7D,8D,20D,21D;. The van der Waals surface area contributed by atoms with Gasteiger partial charge in [0, 0.05) is 52.5 Å². The summed E-state index contributed by atoms with van der Waals surface area (Å²) in [5.74, 6) is 1.54. The number of para-hydroxylation sites is 3. The predicted octanol–water partition coefficient (Wildman–Crippen LogP) is 16.2. The second-order valence-corrected chi connectivity index (χ2v) is 18.7. The fourth-order valence-corrected chi connectivity index (χ4v) is 10.3. The molecular formula is C66H48N4OPt-2. The first-order valence-corrected chi connectivity index (χ1v) is 23.4. The Kier molecular flexibility index (Phi) is 8.39. The first-order chi connectivity index (χ1) is 39.2. The van der Waals surface area contributed by atoms with Crippen molar-refractivity contribution in [3.8, 4) is 84.3 Å². The van der Waals surface area contributed by atoms with Crippen molar-refractivity contribution >= 4 is 32.8 Å². The molecule has 5 nitrogen and oxygen atoms in total. The molecule has 72 heavy (non-hydrogen) atoms. The Labute approximate surface area is 450 Å². The molecule has 0 fully saturated rings. The van der Waals surface area contributed by atoms with Crippen LogP contribution in [0.25, 0.3) is 106 Å². The van der Waals surface area contributed by atoms with Crippen LogP contribution in [0.15, 0.2) is 200 Å². The normalized spacial score (nSPS) is 14.4. The van der Waals surface area contributed by atoms with E-state index in [2.05, 4.69) is 62.0 Å². The summed E-state index contributed by atoms with van der Waals surface area (Å²) in [5, 5.41) is 2.01. The fourth-order valence-electron chi connectivity index (χ4n) is 10.3. The molecule has 350 valence electrons. The van der Waals surface area contributed by atoms with E-state index < -0.39 is 43.9 Å². The van der Waals surface area contributed by atoms with Crippen LogP contribution in [0.1, 0.15) is 52.5 Å². The number of rotatable bonds is 6. The summed E-state index contributed by atoms with van der Waals surface area (Å²) in [6, 6.07) is 55.0. The molecule has 1 aliphatic rings. The second-order valence-electron chi connectivity index (χ2n) is 18.7. The number of ether oxygens (including phenoxy) is 1. The van der Waals surface area contributed by atoms with E-state index in [1.54, 1.807) is 30.3 Å². The van der Waals surface area contributed by atoms with Crippen molar-refractivity contribution in [3.63, 3.8) is 0 Å². The van der Waals surface area contributed by atoms with Gasteiger partial charge in [0.25, 0.3) is 6.33 Å². The Morgan fingerprint density at radius 2 is 1.22 bits per heavy atom. The number of fused-ring (bicyclic) bond motifs is 10. The van der Waals surface area contributed by atoms with Crippen LogP contribution in [-0.4, -0.2) is 14.1 Å². The summed E-state index contributed by atoms with van der Waals surface area (Å²) >= 11 is 0. The van der Waals surface area contributed by atoms with E-state index in [9.17, 15) is 2.74 Å². The molecule has 0 atom stereocenters. The van der Waals surface area contributed by atoms with Crippen LogP contribution < -0.4 is 9.30 Å². The minimum absolute atomic E-state index is 0. The van der Waals surface area contributed by atoms with E-state index >= 15 is 0 Å². The predicted molar refractivity (Wildman–Crippen MR) is 289 cm³/mol. The van der Waals surface area contributed by atoms with Gasteiger partial charge in [-0.15, -0.1) is 29.7 Å². The largest absolute Gasteiger partial charge is 0.510 e. The molecule has 6 heteroatoms. The molecule has 0 unspecified atom stereocenters. The van der Waals surface area contributed by atoms with E-state index in [1.807, 2.05) is 112 Å². The van der Waals surface area contributed by atoms with Crippen molar-refractivity contribution < 1.29 is 45.4 Å². The maximum absolute atomic E-state index is 9.31. The monoisotopic (exact) mass is 1120 g/mol. The van der Waals surface area contributed by atoms with Crippen molar-refractivity contribution in [2.75, 3.05) is 0 Å². The molecule has 0 spiro atoms. The fraction of sp³-hybridized carbons (Fsp3) is 0.0909. The van der Waals surface area contributed by atoms with Crippen LogP contribution in [0.3, 0.4) is 0 Å². The van der Waals surface area contributed by atoms with Crippen molar-refractivity contribution in [1.82, 2.24) is 14.1 Å². The Bertz CT molecular complexity index is 4590. The smallest absolute Gasteiger partial charge is 0.268 e. The number of hydrogen-bond donors (Lipinski definition) is 0. The van der Waals surface area contributed by atoms with Crippen LogP contribution >= 0.6 is 0 Å². The summed E-state index contributed by atoms with van der Waals surface area (Å²) in [6.45, 7) is 0.934. The van der Waals surface area contributed by atoms with E-state index in [1.165, 1.54) is 18.2 Å². The molecule has 0 radical (unpaired) electrons. The summed E-state index contributed by atoms with van der Waals surface area (Å²) < 4.78 is 111. The average molecular weight is 1120 g/mol. The number of nitrogens with zero attached hydrogens (tertiary/aromatic N) is 4. The van der Waals surface area contributed by atoms with Gasteiger partial charge in [-0.1, -0.05) is 172 Å². The minimum Gasteiger partial charge on any atom is -0.510 e. The van der Waals surface area contributed by atoms with Crippen LogP contribution in [-0.2, 0) is 26.5 Å². The third-order valence-electron chi connectivity index (χ3n) is 13.5. The quantitative estimate of drug-likeness (QED) is 0.123. The molecule has 0 N–H and O–H groups in total. The third kappa shape index (κ3) is 7.33. The van der Waals surface area contributed by atoms with Crippen molar-refractivity contribution in [2.24, 2.45) is 0 Å². The van der Waals surface area contributed by atoms with Gasteiger partial charge in [-0.25, -0.2) is 4.98 Å². The molecule has 0 saturated heterocycles. The number of benzene rings is 9. The molecular weight excluding hydrogens is 1060 g/mol. The zero-order valence-electron chi connectivity index (χ0n) is 50.2. The number of imidazole rings is 1. The first-order valence-electron chi connectivity index (χ1n) is 28.9. The van der Waals surface area contributed by atoms with E-state index in [4.69, 9.17) is 22.1 Å². The number of aryl methyl sites for hydroxylation is 2. The summed E-state index contributed by atoms with van der Waals surface area (Å²) in [4.78, 5) is 4.84. The van der Waals surface area contributed by atoms with Gasteiger partial charge in [0.15, 0.2) is 0 Å². The molecule has 0 aliphatic carbocycles. The van der Waals surface area contributed by atoms with Crippen LogP contribution in [0.2, 0.25) is 0 Å². The number of pyridine rings is 1. The summed E-state index contributed by atoms with van der Waals surface area (Å²) in [5.41, 5.74) is 8.70. The third-order valence-corrected chi connectivity index (χ3v) is 13.5. The maximum Gasteiger partial charge on any atom is 0.268 e. The van der Waals surface area contributed by atoms with Crippen LogP contribution in [0.4, 0.5) is 0 Å². The van der Waals surface area contributed by atoms with Gasteiger partial charge in [0.1, 0.15) is 5.82 Å². The zero-order chi connectivity index (χ0) is 57.3. The molecule has 3 aromatic heterocycles. The Morgan fingerprint density at radius 3 is 2.01 bits per heavy atom. The molecule has 13 rings (SSSR count). The van der Waals surface area contributed by atoms with Crippen LogP contribution in [0.5, 0.6) is 11.5 Å². The van der Waals surface area contributed by atoms with E-state index in [0.29, 0.717) is 56.2 Å². The number of hydrogen-bond acceptors (Lipinski definition) is 2. The average Bonchev–Trinajstić information content (AvgIpc) is 2.11. The Hall–Kier alpha value is -8.11. The SMILES string of the molecule is [2H]c1c([2H])c([2H])c(-c2cccc3c2-c2cccc(-c4c(C([2H])([2H])[2H])cccc4C([2H])([2H])[2H])c2-[n+]2[c-]n(-c4[c-]c(Oc5[c-]c6c(cc5)c5ccccc5n6-c5cc(C(C)(C)C)ccn5)ccc4)c4cccc(c42)-c2ccccc2-3)c([2H])c1[2H].[Pt]. The number of aromatic nitrogens is 4. The van der Waals surface area contributed by atoms with Gasteiger partial charge in [0.05, 0.1) is 23.6 Å². The van der Waals surface area contributed by atoms with Gasteiger partial charge in [-0.3, -0.25) is 4.57 Å². The van der Waals surface area contributed by atoms with Gasteiger partial charge in [-0.05, 0) is 121 Å². The van der Waals surface area contributed by atoms with Crippen LogP contribution in [0, 0.1) is 32.2 Å². The second kappa shape index (κ2) is 17.6. The zero-order valence-corrected chi connectivity index (χ0v) is 41.5. The summed E-state index contributed by atoms with van der Waals surface area (Å²) in [6.07, 6.45) is 5.49. The molecule has 0 bridgehead atoms. The topological polar surface area (TPSA) is 35.9 Å². The van der Waals surface area contributed by atoms with Gasteiger partial charge in [-0.2, -0.15) is 18.2 Å². The molecule has 9 aromatic carbocycles. The first kappa shape index (κ1) is 34.3. The van der Waals surface area contributed by atoms with E-state index in [0.717, 1.165) is 49.9 Å². The van der Waals surface area contributed by atoms with Crippen molar-refractivity contribution in [3.05, 3.63) is 235 Å². The maximum atomic E-state index is 9.31. The molecule has 0 saturated carbocycles. The van der Waals surface area contributed by atoms with Gasteiger partial charge < -0.3 is 13.9 Å². The Morgan fingerprint density at radius 1 is 0.583 bits per heavy atom. The molecule has 1 aliphatic heterocycles. The van der Waals surface area contributed by atoms with E-state index in [-0.39, 0.29) is 54.3 Å². The van der Waals surface area contributed by atoms with Crippen molar-refractivity contribution in [2.45, 2.75) is 39.9 Å². The molecule has 0 amide bonds. The van der Waals surface area contributed by atoms with Gasteiger partial charge >= 0.3 is 0 Å². The summed E-state index contributed by atoms with van der Waals surface area (Å²) in [7, 11) is 0. The Balaban J connectivity index is 0.00000680. The molecule has 12 aromatic rings. The van der Waals surface area contributed by atoms with Crippen molar-refractivity contribution in [1.29, 1.82) is 0 Å². The molecule has 4 heterocycles. The van der Waals surface area contributed by atoms with Gasteiger partial charge in [0.2, 0.25) is 0 Å².